The molecule has 0 spiro atoms. The molecule has 0 aromatic heterocycles. The fourth-order valence-electron chi connectivity index (χ4n) is 1.41. The maximum Gasteiger partial charge on any atom is 0.127 e. The average molecular weight is 232 g/mol. The van der Waals surface area contributed by atoms with E-state index < -0.39 is 0 Å². The van der Waals surface area contributed by atoms with Crippen molar-refractivity contribution in [3.63, 3.8) is 0 Å². The highest BCUT2D eigenvalue weighted by Gasteiger charge is 1.98. The van der Waals surface area contributed by atoms with Gasteiger partial charge in [0.05, 0.1) is 6.61 Å². The van der Waals surface area contributed by atoms with Gasteiger partial charge in [-0.1, -0.05) is 0 Å². The zero-order valence-electron chi connectivity index (χ0n) is 9.52. The van der Waals surface area contributed by atoms with E-state index in [1.807, 2.05) is 31.2 Å². The molecule has 2 nitrogen and oxygen atoms in total. The SMILES string of the molecule is CCOc1ccc(Oc2ccc(F)cc2)cc1. The molecule has 2 rings (SSSR count). The summed E-state index contributed by atoms with van der Waals surface area (Å²) in [5, 5.41) is 0. The number of benzene rings is 2. The average Bonchev–Trinajstić information content (AvgIpc) is 2.35. The largest absolute Gasteiger partial charge is 0.494 e. The van der Waals surface area contributed by atoms with Crippen LogP contribution in [-0.4, -0.2) is 6.61 Å². The van der Waals surface area contributed by atoms with Crippen molar-refractivity contribution in [2.45, 2.75) is 6.92 Å². The fraction of sp³-hybridized carbons (Fsp3) is 0.143. The summed E-state index contributed by atoms with van der Waals surface area (Å²) in [7, 11) is 0. The van der Waals surface area contributed by atoms with E-state index in [0.717, 1.165) is 5.75 Å². The number of ether oxygens (including phenoxy) is 2. The molecule has 0 amide bonds. The highest BCUT2D eigenvalue weighted by Crippen LogP contribution is 2.23. The molecule has 0 aliphatic heterocycles. The third kappa shape index (κ3) is 3.21. The van der Waals surface area contributed by atoms with Gasteiger partial charge in [0.1, 0.15) is 23.1 Å². The lowest BCUT2D eigenvalue weighted by Crippen LogP contribution is -1.91. The Morgan fingerprint density at radius 3 is 1.82 bits per heavy atom. The van der Waals surface area contributed by atoms with Crippen LogP contribution in [0.25, 0.3) is 0 Å². The molecule has 0 fully saturated rings. The third-order valence-corrected chi connectivity index (χ3v) is 2.18. The van der Waals surface area contributed by atoms with E-state index in [0.29, 0.717) is 18.1 Å². The highest BCUT2D eigenvalue weighted by molar-refractivity contribution is 5.35. The van der Waals surface area contributed by atoms with Crippen LogP contribution in [0.4, 0.5) is 4.39 Å². The Morgan fingerprint density at radius 2 is 1.29 bits per heavy atom. The van der Waals surface area contributed by atoms with Gasteiger partial charge in [0, 0.05) is 0 Å². The van der Waals surface area contributed by atoms with Gasteiger partial charge < -0.3 is 9.47 Å². The lowest BCUT2D eigenvalue weighted by atomic mass is 10.3. The van der Waals surface area contributed by atoms with E-state index in [4.69, 9.17) is 9.47 Å². The molecule has 0 saturated heterocycles. The summed E-state index contributed by atoms with van der Waals surface area (Å²) in [6.07, 6.45) is 0. The molecule has 0 atom stereocenters. The van der Waals surface area contributed by atoms with Gasteiger partial charge in [-0.05, 0) is 55.5 Å². The number of hydrogen-bond donors (Lipinski definition) is 0. The van der Waals surface area contributed by atoms with Crippen molar-refractivity contribution in [1.29, 1.82) is 0 Å². The van der Waals surface area contributed by atoms with Crippen LogP contribution in [0.15, 0.2) is 48.5 Å². The topological polar surface area (TPSA) is 18.5 Å². The van der Waals surface area contributed by atoms with Crippen molar-refractivity contribution >= 4 is 0 Å². The zero-order chi connectivity index (χ0) is 12.1. The summed E-state index contributed by atoms with van der Waals surface area (Å²) in [6, 6.07) is 13.2. The number of halogens is 1. The van der Waals surface area contributed by atoms with Crippen molar-refractivity contribution in [3.05, 3.63) is 54.3 Å². The van der Waals surface area contributed by atoms with Crippen molar-refractivity contribution in [3.8, 4) is 17.2 Å². The lowest BCUT2D eigenvalue weighted by molar-refractivity contribution is 0.339. The summed E-state index contributed by atoms with van der Waals surface area (Å²) in [5.74, 6) is 1.83. The molecule has 2 aromatic carbocycles. The molecule has 0 radical (unpaired) electrons. The third-order valence-electron chi connectivity index (χ3n) is 2.18. The van der Waals surface area contributed by atoms with Gasteiger partial charge in [0.2, 0.25) is 0 Å². The van der Waals surface area contributed by atoms with Crippen LogP contribution in [0.2, 0.25) is 0 Å². The van der Waals surface area contributed by atoms with Gasteiger partial charge in [-0.3, -0.25) is 0 Å². The Bertz CT molecular complexity index is 463. The minimum Gasteiger partial charge on any atom is -0.494 e. The van der Waals surface area contributed by atoms with Crippen LogP contribution in [0.3, 0.4) is 0 Å². The van der Waals surface area contributed by atoms with E-state index in [2.05, 4.69) is 0 Å². The first-order valence-electron chi connectivity index (χ1n) is 5.44. The standard InChI is InChI=1S/C14H13FO2/c1-2-16-12-7-9-14(10-8-12)17-13-5-3-11(15)4-6-13/h3-10H,2H2,1H3. The van der Waals surface area contributed by atoms with E-state index in [-0.39, 0.29) is 5.82 Å². The summed E-state index contributed by atoms with van der Waals surface area (Å²) in [6.45, 7) is 2.57. The van der Waals surface area contributed by atoms with Crippen molar-refractivity contribution in [2.75, 3.05) is 6.61 Å². The molecule has 0 N–H and O–H groups in total. The van der Waals surface area contributed by atoms with Gasteiger partial charge in [-0.25, -0.2) is 4.39 Å². The second-order valence-corrected chi connectivity index (χ2v) is 3.46. The second kappa shape index (κ2) is 5.34. The number of hydrogen-bond acceptors (Lipinski definition) is 2. The molecule has 2 aromatic rings. The first-order valence-corrected chi connectivity index (χ1v) is 5.44. The molecule has 0 unspecified atom stereocenters. The van der Waals surface area contributed by atoms with Crippen molar-refractivity contribution in [1.82, 2.24) is 0 Å². The predicted molar refractivity (Wildman–Crippen MR) is 64.1 cm³/mol. The molecule has 3 heteroatoms. The fourth-order valence-corrected chi connectivity index (χ4v) is 1.41. The smallest absolute Gasteiger partial charge is 0.127 e. The summed E-state index contributed by atoms with van der Waals surface area (Å²) < 4.78 is 23.6. The van der Waals surface area contributed by atoms with E-state index in [9.17, 15) is 4.39 Å². The molecular formula is C14H13FO2. The van der Waals surface area contributed by atoms with Gasteiger partial charge in [0.25, 0.3) is 0 Å². The Morgan fingerprint density at radius 1 is 0.824 bits per heavy atom. The summed E-state index contributed by atoms with van der Waals surface area (Å²) >= 11 is 0. The maximum absolute atomic E-state index is 12.7. The maximum atomic E-state index is 12.7. The van der Waals surface area contributed by atoms with Crippen LogP contribution < -0.4 is 9.47 Å². The molecule has 0 heterocycles. The van der Waals surface area contributed by atoms with Gasteiger partial charge in [-0.2, -0.15) is 0 Å². The Kier molecular flexibility index (Phi) is 3.60. The van der Waals surface area contributed by atoms with Crippen molar-refractivity contribution in [2.24, 2.45) is 0 Å². The van der Waals surface area contributed by atoms with Crippen LogP contribution in [0, 0.1) is 5.82 Å². The van der Waals surface area contributed by atoms with Crippen LogP contribution in [0.5, 0.6) is 17.2 Å². The van der Waals surface area contributed by atoms with Gasteiger partial charge in [-0.15, -0.1) is 0 Å². The minimum absolute atomic E-state index is 0.274. The molecule has 0 bridgehead atoms. The normalized spacial score (nSPS) is 10.0. The van der Waals surface area contributed by atoms with Crippen LogP contribution in [0.1, 0.15) is 6.92 Å². The number of rotatable bonds is 4. The monoisotopic (exact) mass is 232 g/mol. The van der Waals surface area contributed by atoms with Crippen LogP contribution in [-0.2, 0) is 0 Å². The summed E-state index contributed by atoms with van der Waals surface area (Å²) in [5.41, 5.74) is 0. The van der Waals surface area contributed by atoms with E-state index in [1.165, 1.54) is 12.1 Å². The Labute approximate surface area is 99.6 Å². The molecular weight excluding hydrogens is 219 g/mol. The van der Waals surface area contributed by atoms with Crippen LogP contribution >= 0.6 is 0 Å². The van der Waals surface area contributed by atoms with E-state index >= 15 is 0 Å². The van der Waals surface area contributed by atoms with E-state index in [1.54, 1.807) is 12.1 Å². The zero-order valence-corrected chi connectivity index (χ0v) is 9.52. The Balaban J connectivity index is 2.05. The molecule has 0 saturated carbocycles. The first kappa shape index (κ1) is 11.5. The molecule has 88 valence electrons. The Hall–Kier alpha value is -2.03. The highest BCUT2D eigenvalue weighted by atomic mass is 19.1. The second-order valence-electron chi connectivity index (χ2n) is 3.46. The first-order chi connectivity index (χ1) is 8.28. The predicted octanol–water partition coefficient (Wildman–Crippen LogP) is 4.02. The molecule has 0 aliphatic carbocycles. The van der Waals surface area contributed by atoms with Gasteiger partial charge >= 0.3 is 0 Å². The quantitative estimate of drug-likeness (QED) is 0.792. The van der Waals surface area contributed by atoms with Gasteiger partial charge in [0.15, 0.2) is 0 Å². The van der Waals surface area contributed by atoms with Crippen molar-refractivity contribution < 1.29 is 13.9 Å². The molecule has 17 heavy (non-hydrogen) atoms. The lowest BCUT2D eigenvalue weighted by Gasteiger charge is -2.07. The summed E-state index contributed by atoms with van der Waals surface area (Å²) in [4.78, 5) is 0. The minimum atomic E-state index is -0.274. The molecule has 0 aliphatic rings.